The lowest BCUT2D eigenvalue weighted by molar-refractivity contribution is -0.274. The molecular formula is C22H17BrF3N5O3. The van der Waals surface area contributed by atoms with E-state index in [9.17, 15) is 13.2 Å². The Morgan fingerprint density at radius 3 is 2.65 bits per heavy atom. The van der Waals surface area contributed by atoms with Gasteiger partial charge in [0.05, 0.1) is 28.6 Å². The van der Waals surface area contributed by atoms with Gasteiger partial charge in [-0.15, -0.1) is 13.2 Å². The van der Waals surface area contributed by atoms with Gasteiger partial charge in [0.25, 0.3) is 0 Å². The summed E-state index contributed by atoms with van der Waals surface area (Å²) in [5.74, 6) is 0.986. The van der Waals surface area contributed by atoms with Crippen molar-refractivity contribution in [1.82, 2.24) is 14.5 Å². The summed E-state index contributed by atoms with van der Waals surface area (Å²) in [6.45, 7) is 0. The molecule has 0 saturated heterocycles. The van der Waals surface area contributed by atoms with Gasteiger partial charge in [0.1, 0.15) is 18.6 Å². The van der Waals surface area contributed by atoms with Crippen molar-refractivity contribution in [2.45, 2.75) is 6.36 Å². The summed E-state index contributed by atoms with van der Waals surface area (Å²) in [4.78, 5) is 13.3. The largest absolute Gasteiger partial charge is 0.573 e. The van der Waals surface area contributed by atoms with Crippen LogP contribution in [0.3, 0.4) is 0 Å². The van der Waals surface area contributed by atoms with Crippen molar-refractivity contribution >= 4 is 44.8 Å². The molecule has 0 atom stereocenters. The molecule has 4 aromatic rings. The fourth-order valence-electron chi connectivity index (χ4n) is 3.09. The molecule has 2 heterocycles. The van der Waals surface area contributed by atoms with Gasteiger partial charge in [0.15, 0.2) is 5.75 Å². The number of hydrogen-bond acceptors (Lipinski definition) is 7. The summed E-state index contributed by atoms with van der Waals surface area (Å²) in [7, 11) is 3.18. The normalized spacial score (nSPS) is 11.7. The van der Waals surface area contributed by atoms with Crippen LogP contribution in [-0.4, -0.2) is 34.2 Å². The number of nitrogens with zero attached hydrogens (tertiary/aromatic N) is 4. The van der Waals surface area contributed by atoms with E-state index < -0.39 is 6.36 Å². The highest BCUT2D eigenvalue weighted by molar-refractivity contribution is 9.10. The minimum absolute atomic E-state index is 0.109. The first-order chi connectivity index (χ1) is 16.2. The number of benzene rings is 2. The van der Waals surface area contributed by atoms with Gasteiger partial charge in [-0.05, 0) is 36.4 Å². The molecule has 0 aliphatic heterocycles. The Bertz CT molecular complexity index is 1360. The number of aryl methyl sites for hydroxylation is 1. The van der Waals surface area contributed by atoms with E-state index in [0.717, 1.165) is 5.52 Å². The van der Waals surface area contributed by atoms with Gasteiger partial charge in [-0.1, -0.05) is 21.1 Å². The van der Waals surface area contributed by atoms with E-state index in [-0.39, 0.29) is 11.4 Å². The average Bonchev–Trinajstić information content (AvgIpc) is 3.08. The summed E-state index contributed by atoms with van der Waals surface area (Å²) in [6.07, 6.45) is -1.81. The van der Waals surface area contributed by atoms with Gasteiger partial charge in [-0.3, -0.25) is 4.98 Å². The number of hydrogen-bond donors (Lipinski definition) is 1. The number of aromatic nitrogens is 3. The molecule has 0 radical (unpaired) electrons. The zero-order valence-electron chi connectivity index (χ0n) is 17.8. The first-order valence-electron chi connectivity index (χ1n) is 9.71. The standard InChI is InChI=1S/C22H17BrF3N5O3/c1-31-19-6-4-15(33-16-7-8-27-14(10-16)12-28-32-2)11-18(19)30-21(31)29-17-5-3-13(23)9-20(17)34-22(24,25)26/h3-12H,1-2H3,(H,29,30)/b28-12-. The second-order valence-corrected chi connectivity index (χ2v) is 7.81. The maximum absolute atomic E-state index is 12.8. The van der Waals surface area contributed by atoms with Crippen LogP contribution in [0.25, 0.3) is 11.0 Å². The van der Waals surface area contributed by atoms with E-state index in [1.165, 1.54) is 25.5 Å². The van der Waals surface area contributed by atoms with Crippen molar-refractivity contribution in [1.29, 1.82) is 0 Å². The number of pyridine rings is 1. The topological polar surface area (TPSA) is 82.8 Å². The molecule has 0 amide bonds. The highest BCUT2D eigenvalue weighted by Gasteiger charge is 2.32. The van der Waals surface area contributed by atoms with Crippen molar-refractivity contribution < 1.29 is 27.5 Å². The number of rotatable bonds is 7. The number of halogens is 4. The molecule has 0 saturated carbocycles. The Morgan fingerprint density at radius 1 is 1.09 bits per heavy atom. The molecule has 0 aliphatic carbocycles. The first kappa shape index (κ1) is 23.4. The molecule has 0 bridgehead atoms. The minimum atomic E-state index is -4.84. The predicted molar refractivity (Wildman–Crippen MR) is 124 cm³/mol. The molecule has 2 aromatic heterocycles. The number of fused-ring (bicyclic) bond motifs is 1. The number of alkyl halides is 3. The second-order valence-electron chi connectivity index (χ2n) is 6.89. The summed E-state index contributed by atoms with van der Waals surface area (Å²) < 4.78 is 50.7. The van der Waals surface area contributed by atoms with Crippen LogP contribution >= 0.6 is 15.9 Å². The van der Waals surface area contributed by atoms with E-state index in [2.05, 4.69) is 45.9 Å². The van der Waals surface area contributed by atoms with Crippen LogP contribution in [0.15, 0.2) is 64.4 Å². The SMILES string of the molecule is CO/N=C\c1cc(Oc2ccc3c(c2)nc(Nc2ccc(Br)cc2OC(F)(F)F)n3C)ccn1. The van der Waals surface area contributed by atoms with Crippen LogP contribution < -0.4 is 14.8 Å². The third-order valence-corrected chi connectivity index (χ3v) is 5.04. The number of imidazole rings is 1. The summed E-state index contributed by atoms with van der Waals surface area (Å²) in [5, 5.41) is 6.58. The second kappa shape index (κ2) is 9.59. The molecule has 176 valence electrons. The fraction of sp³-hybridized carbons (Fsp3) is 0.136. The van der Waals surface area contributed by atoms with E-state index in [1.807, 2.05) is 0 Å². The number of oxime groups is 1. The molecule has 0 fully saturated rings. The molecule has 1 N–H and O–H groups in total. The van der Waals surface area contributed by atoms with Crippen molar-refractivity contribution in [2.24, 2.45) is 12.2 Å². The lowest BCUT2D eigenvalue weighted by atomic mass is 10.3. The Labute approximate surface area is 200 Å². The molecule has 12 heteroatoms. The zero-order valence-corrected chi connectivity index (χ0v) is 19.4. The van der Waals surface area contributed by atoms with Gasteiger partial charge in [-0.2, -0.15) is 0 Å². The van der Waals surface area contributed by atoms with Crippen LogP contribution in [0, 0.1) is 0 Å². The highest BCUT2D eigenvalue weighted by atomic mass is 79.9. The van der Waals surface area contributed by atoms with Crippen LogP contribution in [0.1, 0.15) is 5.69 Å². The van der Waals surface area contributed by atoms with E-state index in [0.29, 0.717) is 33.1 Å². The van der Waals surface area contributed by atoms with E-state index >= 15 is 0 Å². The third-order valence-electron chi connectivity index (χ3n) is 4.55. The minimum Gasteiger partial charge on any atom is -0.457 e. The monoisotopic (exact) mass is 535 g/mol. The number of ether oxygens (including phenoxy) is 2. The first-order valence-corrected chi connectivity index (χ1v) is 10.5. The molecule has 0 spiro atoms. The van der Waals surface area contributed by atoms with Gasteiger partial charge < -0.3 is 24.2 Å². The van der Waals surface area contributed by atoms with Crippen molar-refractivity contribution in [3.63, 3.8) is 0 Å². The van der Waals surface area contributed by atoms with Crippen LogP contribution in [-0.2, 0) is 11.9 Å². The quantitative estimate of drug-likeness (QED) is 0.226. The van der Waals surface area contributed by atoms with Gasteiger partial charge in [0, 0.05) is 29.8 Å². The van der Waals surface area contributed by atoms with Gasteiger partial charge >= 0.3 is 6.36 Å². The van der Waals surface area contributed by atoms with E-state index in [1.54, 1.807) is 54.2 Å². The molecule has 2 aromatic carbocycles. The lowest BCUT2D eigenvalue weighted by Gasteiger charge is -2.14. The summed E-state index contributed by atoms with van der Waals surface area (Å²) in [6, 6.07) is 12.9. The van der Waals surface area contributed by atoms with Crippen LogP contribution in [0.2, 0.25) is 0 Å². The maximum Gasteiger partial charge on any atom is 0.573 e. The average molecular weight is 536 g/mol. The van der Waals surface area contributed by atoms with E-state index in [4.69, 9.17) is 4.74 Å². The zero-order chi connectivity index (χ0) is 24.3. The summed E-state index contributed by atoms with van der Waals surface area (Å²) >= 11 is 3.16. The Balaban J connectivity index is 1.60. The molecule has 0 unspecified atom stereocenters. The molecule has 4 rings (SSSR count). The molecule has 0 aliphatic rings. The highest BCUT2D eigenvalue weighted by Crippen LogP contribution is 2.35. The molecule has 34 heavy (non-hydrogen) atoms. The van der Waals surface area contributed by atoms with Crippen LogP contribution in [0.5, 0.6) is 17.2 Å². The Hall–Kier alpha value is -3.80. The Kier molecular flexibility index (Phi) is 6.59. The summed E-state index contributed by atoms with van der Waals surface area (Å²) in [5.41, 5.74) is 1.98. The van der Waals surface area contributed by atoms with Crippen molar-refractivity contribution in [3.8, 4) is 17.2 Å². The van der Waals surface area contributed by atoms with Crippen molar-refractivity contribution in [2.75, 3.05) is 12.4 Å². The Morgan fingerprint density at radius 2 is 1.88 bits per heavy atom. The van der Waals surface area contributed by atoms with Gasteiger partial charge in [0.2, 0.25) is 5.95 Å². The smallest absolute Gasteiger partial charge is 0.457 e. The predicted octanol–water partition coefficient (Wildman–Crippen LogP) is 6.15. The van der Waals surface area contributed by atoms with Gasteiger partial charge in [-0.25, -0.2) is 4.98 Å². The third kappa shape index (κ3) is 5.57. The van der Waals surface area contributed by atoms with Crippen molar-refractivity contribution in [3.05, 3.63) is 64.9 Å². The fourth-order valence-corrected chi connectivity index (χ4v) is 3.43. The lowest BCUT2D eigenvalue weighted by Crippen LogP contribution is -2.18. The van der Waals surface area contributed by atoms with Crippen LogP contribution in [0.4, 0.5) is 24.8 Å². The number of nitrogens with one attached hydrogen (secondary N) is 1. The molecular weight excluding hydrogens is 519 g/mol. The number of anilines is 2. The maximum atomic E-state index is 12.8. The molecule has 8 nitrogen and oxygen atoms in total.